The van der Waals surface area contributed by atoms with Gasteiger partial charge >= 0.3 is 0 Å². The first-order valence-corrected chi connectivity index (χ1v) is 6.85. The molecule has 88 valence electrons. The minimum atomic E-state index is 0.401. The van der Waals surface area contributed by atoms with E-state index >= 15 is 0 Å². The van der Waals surface area contributed by atoms with Gasteiger partial charge in [0.25, 0.3) is 0 Å². The molecule has 0 atom stereocenters. The number of nitrogens with one attached hydrogen (secondary N) is 1. The molecule has 3 N–H and O–H groups in total. The molecule has 1 aliphatic carbocycles. The second kappa shape index (κ2) is 5.66. The molecule has 0 bridgehead atoms. The molecule has 1 aromatic rings. The van der Waals surface area contributed by atoms with Gasteiger partial charge in [-0.2, -0.15) is 0 Å². The molecule has 0 aliphatic heterocycles. The van der Waals surface area contributed by atoms with Gasteiger partial charge < -0.3 is 5.43 Å². The van der Waals surface area contributed by atoms with Gasteiger partial charge in [0.2, 0.25) is 0 Å². The molecule has 16 heavy (non-hydrogen) atoms. The van der Waals surface area contributed by atoms with Crippen molar-refractivity contribution in [2.45, 2.75) is 38.1 Å². The van der Waals surface area contributed by atoms with Crippen LogP contribution in [0.2, 0.25) is 5.02 Å². The maximum Gasteiger partial charge on any atom is 0.154 e. The fraction of sp³-hybridized carbons (Fsp3) is 0.545. The van der Waals surface area contributed by atoms with E-state index in [-0.39, 0.29) is 0 Å². The van der Waals surface area contributed by atoms with Crippen molar-refractivity contribution >= 4 is 28.8 Å². The molecule has 0 unspecified atom stereocenters. The van der Waals surface area contributed by atoms with Crippen LogP contribution >= 0.6 is 22.9 Å². The Labute approximate surface area is 105 Å². The SMILES string of the molecule is NNC(=NC1CCCCC1)c1sccc1Cl. The second-order valence-electron chi connectivity index (χ2n) is 4.01. The summed E-state index contributed by atoms with van der Waals surface area (Å²) in [6.45, 7) is 0. The summed E-state index contributed by atoms with van der Waals surface area (Å²) in [6, 6.07) is 2.27. The van der Waals surface area contributed by atoms with Crippen LogP contribution in [0.1, 0.15) is 37.0 Å². The first kappa shape index (κ1) is 11.9. The summed E-state index contributed by atoms with van der Waals surface area (Å²) in [5.74, 6) is 6.25. The second-order valence-corrected chi connectivity index (χ2v) is 5.33. The highest BCUT2D eigenvalue weighted by atomic mass is 35.5. The van der Waals surface area contributed by atoms with Crippen molar-refractivity contribution in [3.8, 4) is 0 Å². The molecular formula is C11H16ClN3S. The Morgan fingerprint density at radius 1 is 1.44 bits per heavy atom. The zero-order chi connectivity index (χ0) is 11.4. The van der Waals surface area contributed by atoms with Crippen molar-refractivity contribution < 1.29 is 0 Å². The maximum absolute atomic E-state index is 6.07. The van der Waals surface area contributed by atoms with Gasteiger partial charge in [-0.3, -0.25) is 4.99 Å². The van der Waals surface area contributed by atoms with E-state index in [2.05, 4.69) is 10.4 Å². The Morgan fingerprint density at radius 3 is 2.75 bits per heavy atom. The van der Waals surface area contributed by atoms with E-state index in [1.807, 2.05) is 11.4 Å². The average molecular weight is 258 g/mol. The summed E-state index contributed by atoms with van der Waals surface area (Å²) < 4.78 is 0. The molecular weight excluding hydrogens is 242 g/mol. The molecule has 0 aromatic carbocycles. The molecule has 0 radical (unpaired) electrons. The summed E-state index contributed by atoms with van der Waals surface area (Å²) in [6.07, 6.45) is 6.19. The fourth-order valence-electron chi connectivity index (χ4n) is 2.02. The summed E-state index contributed by atoms with van der Waals surface area (Å²) in [5, 5.41) is 2.67. The lowest BCUT2D eigenvalue weighted by Crippen LogP contribution is -2.32. The number of thiophene rings is 1. The molecule has 1 fully saturated rings. The van der Waals surface area contributed by atoms with E-state index in [1.54, 1.807) is 11.3 Å². The molecule has 1 heterocycles. The normalized spacial score (nSPS) is 18.8. The van der Waals surface area contributed by atoms with Crippen LogP contribution in [0.25, 0.3) is 0 Å². The van der Waals surface area contributed by atoms with Crippen LogP contribution in [0.5, 0.6) is 0 Å². The predicted octanol–water partition coefficient (Wildman–Crippen LogP) is 2.94. The van der Waals surface area contributed by atoms with Gasteiger partial charge in [-0.05, 0) is 24.3 Å². The standard InChI is InChI=1S/C11H16ClN3S/c12-9-6-7-16-10(9)11(15-13)14-8-4-2-1-3-5-8/h6-8H,1-5,13H2,(H,14,15). The lowest BCUT2D eigenvalue weighted by molar-refractivity contribution is 0.442. The van der Waals surface area contributed by atoms with E-state index in [0.29, 0.717) is 6.04 Å². The van der Waals surface area contributed by atoms with Gasteiger partial charge in [0.1, 0.15) is 0 Å². The minimum absolute atomic E-state index is 0.401. The molecule has 5 heteroatoms. The largest absolute Gasteiger partial charge is 0.308 e. The van der Waals surface area contributed by atoms with Gasteiger partial charge in [0.15, 0.2) is 5.84 Å². The van der Waals surface area contributed by atoms with Gasteiger partial charge in [0.05, 0.1) is 15.9 Å². The Balaban J connectivity index is 2.15. The fourth-order valence-corrected chi connectivity index (χ4v) is 3.12. The average Bonchev–Trinajstić information content (AvgIpc) is 2.74. The van der Waals surface area contributed by atoms with Crippen LogP contribution < -0.4 is 11.3 Å². The molecule has 0 saturated heterocycles. The van der Waals surface area contributed by atoms with Crippen molar-refractivity contribution in [1.82, 2.24) is 5.43 Å². The Hall–Kier alpha value is -0.580. The lowest BCUT2D eigenvalue weighted by atomic mass is 9.96. The van der Waals surface area contributed by atoms with E-state index in [9.17, 15) is 0 Å². The Bertz CT molecular complexity index is 369. The van der Waals surface area contributed by atoms with Crippen LogP contribution in [-0.4, -0.2) is 11.9 Å². The van der Waals surface area contributed by atoms with Crippen LogP contribution in [-0.2, 0) is 0 Å². The van der Waals surface area contributed by atoms with Gasteiger partial charge in [0, 0.05) is 0 Å². The minimum Gasteiger partial charge on any atom is -0.308 e. The molecule has 3 nitrogen and oxygen atoms in total. The molecule has 1 aromatic heterocycles. The van der Waals surface area contributed by atoms with E-state index in [4.69, 9.17) is 17.4 Å². The van der Waals surface area contributed by atoms with Crippen molar-refractivity contribution in [2.24, 2.45) is 10.8 Å². The zero-order valence-electron chi connectivity index (χ0n) is 9.08. The zero-order valence-corrected chi connectivity index (χ0v) is 10.7. The summed E-state index contributed by atoms with van der Waals surface area (Å²) in [4.78, 5) is 5.60. The molecule has 0 spiro atoms. The van der Waals surface area contributed by atoms with Crippen LogP contribution in [0.3, 0.4) is 0 Å². The van der Waals surface area contributed by atoms with E-state index in [0.717, 1.165) is 28.6 Å². The predicted molar refractivity (Wildman–Crippen MR) is 70.1 cm³/mol. The summed E-state index contributed by atoms with van der Waals surface area (Å²) in [5.41, 5.74) is 2.67. The third-order valence-corrected chi connectivity index (χ3v) is 4.20. The number of rotatable bonds is 2. The van der Waals surface area contributed by atoms with Crippen LogP contribution in [0.4, 0.5) is 0 Å². The maximum atomic E-state index is 6.07. The Morgan fingerprint density at radius 2 is 2.19 bits per heavy atom. The monoisotopic (exact) mass is 257 g/mol. The van der Waals surface area contributed by atoms with Crippen molar-refractivity contribution in [3.63, 3.8) is 0 Å². The molecule has 1 aliphatic rings. The lowest BCUT2D eigenvalue weighted by Gasteiger charge is -2.18. The van der Waals surface area contributed by atoms with E-state index < -0.39 is 0 Å². The third-order valence-electron chi connectivity index (χ3n) is 2.86. The van der Waals surface area contributed by atoms with Gasteiger partial charge in [-0.15, -0.1) is 11.3 Å². The number of halogens is 1. The summed E-state index contributed by atoms with van der Waals surface area (Å²) in [7, 11) is 0. The van der Waals surface area contributed by atoms with Gasteiger partial charge in [-0.25, -0.2) is 5.84 Å². The number of aliphatic imine (C=N–C) groups is 1. The van der Waals surface area contributed by atoms with Crippen molar-refractivity contribution in [1.29, 1.82) is 0 Å². The number of nitrogens with two attached hydrogens (primary N) is 1. The summed E-state index contributed by atoms with van der Waals surface area (Å²) >= 11 is 7.63. The number of hydrogen-bond acceptors (Lipinski definition) is 3. The van der Waals surface area contributed by atoms with Crippen molar-refractivity contribution in [3.05, 3.63) is 21.3 Å². The van der Waals surface area contributed by atoms with Gasteiger partial charge in [-0.1, -0.05) is 30.9 Å². The van der Waals surface area contributed by atoms with Crippen LogP contribution in [0, 0.1) is 0 Å². The van der Waals surface area contributed by atoms with Crippen LogP contribution in [0.15, 0.2) is 16.4 Å². The number of nitrogens with zero attached hydrogens (tertiary/aromatic N) is 1. The third kappa shape index (κ3) is 2.75. The highest BCUT2D eigenvalue weighted by molar-refractivity contribution is 7.12. The van der Waals surface area contributed by atoms with E-state index in [1.165, 1.54) is 19.3 Å². The topological polar surface area (TPSA) is 50.4 Å². The molecule has 1 saturated carbocycles. The number of amidine groups is 1. The number of hydrogen-bond donors (Lipinski definition) is 2. The smallest absolute Gasteiger partial charge is 0.154 e. The highest BCUT2D eigenvalue weighted by Crippen LogP contribution is 2.25. The molecule has 0 amide bonds. The first-order valence-electron chi connectivity index (χ1n) is 5.59. The Kier molecular flexibility index (Phi) is 4.21. The highest BCUT2D eigenvalue weighted by Gasteiger charge is 2.15. The quantitative estimate of drug-likeness (QED) is 0.370. The number of hydrazine groups is 1. The first-order chi connectivity index (χ1) is 7.81. The van der Waals surface area contributed by atoms with Crippen molar-refractivity contribution in [2.75, 3.05) is 0 Å². The molecule has 2 rings (SSSR count).